The van der Waals surface area contributed by atoms with Crippen LogP contribution < -0.4 is 14.8 Å². The topological polar surface area (TPSA) is 105 Å². The highest BCUT2D eigenvalue weighted by molar-refractivity contribution is 5.94. The summed E-state index contributed by atoms with van der Waals surface area (Å²) in [6.45, 7) is 8.64. The Morgan fingerprint density at radius 1 is 0.943 bits per heavy atom. The first-order valence-corrected chi connectivity index (χ1v) is 11.9. The zero-order chi connectivity index (χ0) is 25.4. The standard InChI is InChI=1S/C27H34N2O6/c1-27(2,3)14-15-28-24(30)20-4-10-23(11-5-20)35-26(33)29-16-12-19(13-17-29)18-34-22-8-6-21(7-9-22)25(31)32/h4-11,19H,12-18H2,1-3H3,(H,28,30)(H,31,32). The number of aromatic carboxylic acids is 1. The Labute approximate surface area is 206 Å². The average Bonchev–Trinajstić information content (AvgIpc) is 2.83. The SMILES string of the molecule is CC(C)(C)CCNC(=O)c1ccc(OC(=O)N2CCC(COc3ccc(C(=O)O)cc3)CC2)cc1. The molecule has 3 rings (SSSR count). The van der Waals surface area contributed by atoms with Crippen LogP contribution in [0, 0.1) is 11.3 Å². The lowest BCUT2D eigenvalue weighted by molar-refractivity contribution is 0.0696. The Hall–Kier alpha value is -3.55. The van der Waals surface area contributed by atoms with Crippen molar-refractivity contribution in [1.82, 2.24) is 10.2 Å². The van der Waals surface area contributed by atoms with Gasteiger partial charge in [-0.3, -0.25) is 4.79 Å². The zero-order valence-corrected chi connectivity index (χ0v) is 20.6. The van der Waals surface area contributed by atoms with E-state index in [2.05, 4.69) is 26.1 Å². The second-order valence-corrected chi connectivity index (χ2v) is 10.0. The molecule has 0 aromatic heterocycles. The number of rotatable bonds is 8. The highest BCUT2D eigenvalue weighted by Gasteiger charge is 2.24. The van der Waals surface area contributed by atoms with Crippen LogP contribution in [0.15, 0.2) is 48.5 Å². The van der Waals surface area contributed by atoms with Gasteiger partial charge in [0.1, 0.15) is 11.5 Å². The van der Waals surface area contributed by atoms with E-state index in [0.29, 0.717) is 49.2 Å². The van der Waals surface area contributed by atoms with Gasteiger partial charge in [-0.15, -0.1) is 0 Å². The zero-order valence-electron chi connectivity index (χ0n) is 20.6. The normalized spacial score (nSPS) is 14.3. The molecule has 8 nitrogen and oxygen atoms in total. The van der Waals surface area contributed by atoms with Crippen molar-refractivity contribution >= 4 is 18.0 Å². The maximum atomic E-state index is 12.5. The molecule has 1 aliphatic rings. The Morgan fingerprint density at radius 3 is 2.09 bits per heavy atom. The summed E-state index contributed by atoms with van der Waals surface area (Å²) in [6, 6.07) is 12.9. The summed E-state index contributed by atoms with van der Waals surface area (Å²) >= 11 is 0. The maximum absolute atomic E-state index is 12.5. The number of piperidine rings is 1. The van der Waals surface area contributed by atoms with Gasteiger partial charge in [-0.05, 0) is 79.1 Å². The first-order valence-electron chi connectivity index (χ1n) is 11.9. The van der Waals surface area contributed by atoms with Gasteiger partial charge in [0.25, 0.3) is 5.91 Å². The Bertz CT molecular complexity index is 1000. The molecule has 0 unspecified atom stereocenters. The van der Waals surface area contributed by atoms with E-state index in [0.717, 1.165) is 19.3 Å². The molecule has 1 saturated heterocycles. The van der Waals surface area contributed by atoms with E-state index in [9.17, 15) is 14.4 Å². The molecule has 2 aromatic carbocycles. The van der Waals surface area contributed by atoms with Crippen LogP contribution in [-0.2, 0) is 0 Å². The summed E-state index contributed by atoms with van der Waals surface area (Å²) in [5.74, 6) is 0.215. The molecule has 2 aromatic rings. The molecule has 0 saturated carbocycles. The van der Waals surface area contributed by atoms with Crippen LogP contribution in [0.4, 0.5) is 4.79 Å². The largest absolute Gasteiger partial charge is 0.493 e. The van der Waals surface area contributed by atoms with Crippen molar-refractivity contribution in [2.24, 2.45) is 11.3 Å². The van der Waals surface area contributed by atoms with E-state index < -0.39 is 12.1 Å². The van der Waals surface area contributed by atoms with E-state index in [1.807, 2.05) is 0 Å². The van der Waals surface area contributed by atoms with Crippen molar-refractivity contribution in [3.63, 3.8) is 0 Å². The minimum Gasteiger partial charge on any atom is -0.493 e. The van der Waals surface area contributed by atoms with Gasteiger partial charge in [-0.2, -0.15) is 0 Å². The second-order valence-electron chi connectivity index (χ2n) is 10.0. The summed E-state index contributed by atoms with van der Waals surface area (Å²) < 4.78 is 11.3. The number of hydrogen-bond donors (Lipinski definition) is 2. The summed E-state index contributed by atoms with van der Waals surface area (Å²) in [6.07, 6.45) is 2.05. The Balaban J connectivity index is 1.39. The van der Waals surface area contributed by atoms with E-state index in [1.54, 1.807) is 41.3 Å². The number of hydrogen-bond acceptors (Lipinski definition) is 5. The fourth-order valence-corrected chi connectivity index (χ4v) is 3.68. The van der Waals surface area contributed by atoms with E-state index >= 15 is 0 Å². The molecule has 2 amide bonds. The average molecular weight is 483 g/mol. The van der Waals surface area contributed by atoms with Gasteiger partial charge < -0.3 is 24.8 Å². The summed E-state index contributed by atoms with van der Waals surface area (Å²) in [7, 11) is 0. The van der Waals surface area contributed by atoms with Crippen molar-refractivity contribution in [3.8, 4) is 11.5 Å². The number of carboxylic acids is 1. The minimum absolute atomic E-state index is 0.144. The van der Waals surface area contributed by atoms with E-state index in [-0.39, 0.29) is 16.9 Å². The number of carbonyl (C=O) groups excluding carboxylic acids is 2. The number of nitrogens with zero attached hydrogens (tertiary/aromatic N) is 1. The molecular formula is C27H34N2O6. The fourth-order valence-electron chi connectivity index (χ4n) is 3.68. The Morgan fingerprint density at radius 2 is 1.51 bits per heavy atom. The van der Waals surface area contributed by atoms with E-state index in [4.69, 9.17) is 14.6 Å². The molecular weight excluding hydrogens is 448 g/mol. The van der Waals surface area contributed by atoms with Crippen LogP contribution in [0.5, 0.6) is 11.5 Å². The van der Waals surface area contributed by atoms with E-state index in [1.165, 1.54) is 12.1 Å². The van der Waals surface area contributed by atoms with Gasteiger partial charge in [-0.1, -0.05) is 20.8 Å². The van der Waals surface area contributed by atoms with Gasteiger partial charge >= 0.3 is 12.1 Å². The maximum Gasteiger partial charge on any atom is 0.415 e. The molecule has 0 aliphatic carbocycles. The van der Waals surface area contributed by atoms with Gasteiger partial charge in [0.2, 0.25) is 0 Å². The van der Waals surface area contributed by atoms with Crippen LogP contribution in [0.25, 0.3) is 0 Å². The van der Waals surface area contributed by atoms with Crippen molar-refractivity contribution in [3.05, 3.63) is 59.7 Å². The molecule has 8 heteroatoms. The number of likely N-dealkylation sites (tertiary alicyclic amines) is 1. The predicted octanol–water partition coefficient (Wildman–Crippen LogP) is 4.84. The van der Waals surface area contributed by atoms with Crippen LogP contribution in [0.3, 0.4) is 0 Å². The number of ether oxygens (including phenoxy) is 2. The lowest BCUT2D eigenvalue weighted by Crippen LogP contribution is -2.41. The molecule has 1 aliphatic heterocycles. The summed E-state index contributed by atoms with van der Waals surface area (Å²) in [5.41, 5.74) is 0.901. The number of benzene rings is 2. The molecule has 0 radical (unpaired) electrons. The lowest BCUT2D eigenvalue weighted by Gasteiger charge is -2.31. The number of carboxylic acid groups (broad SMARTS) is 1. The molecule has 0 atom stereocenters. The van der Waals surface area contributed by atoms with Crippen molar-refractivity contribution in [2.45, 2.75) is 40.0 Å². The molecule has 2 N–H and O–H groups in total. The fraction of sp³-hybridized carbons (Fsp3) is 0.444. The summed E-state index contributed by atoms with van der Waals surface area (Å²) in [4.78, 5) is 37.4. The van der Waals surface area contributed by atoms with Crippen molar-refractivity contribution < 1.29 is 29.0 Å². The smallest absolute Gasteiger partial charge is 0.415 e. The minimum atomic E-state index is -0.969. The highest BCUT2D eigenvalue weighted by atomic mass is 16.6. The highest BCUT2D eigenvalue weighted by Crippen LogP contribution is 2.22. The van der Waals surface area contributed by atoms with Crippen molar-refractivity contribution in [1.29, 1.82) is 0 Å². The molecule has 1 fully saturated rings. The summed E-state index contributed by atoms with van der Waals surface area (Å²) in [5, 5.41) is 11.9. The number of carbonyl (C=O) groups is 3. The third-order valence-electron chi connectivity index (χ3n) is 5.94. The number of nitrogens with one attached hydrogen (secondary N) is 1. The van der Waals surface area contributed by atoms with Crippen LogP contribution >= 0.6 is 0 Å². The lowest BCUT2D eigenvalue weighted by atomic mass is 9.92. The third kappa shape index (κ3) is 8.31. The molecule has 35 heavy (non-hydrogen) atoms. The first kappa shape index (κ1) is 26.1. The second kappa shape index (κ2) is 11.7. The van der Waals surface area contributed by atoms with Crippen LogP contribution in [0.1, 0.15) is 60.7 Å². The third-order valence-corrected chi connectivity index (χ3v) is 5.94. The first-order chi connectivity index (χ1) is 16.6. The van der Waals surface area contributed by atoms with Crippen LogP contribution in [0.2, 0.25) is 0 Å². The van der Waals surface area contributed by atoms with Crippen molar-refractivity contribution in [2.75, 3.05) is 26.2 Å². The molecule has 1 heterocycles. The predicted molar refractivity (Wildman–Crippen MR) is 132 cm³/mol. The molecule has 0 spiro atoms. The monoisotopic (exact) mass is 482 g/mol. The molecule has 0 bridgehead atoms. The van der Waals surface area contributed by atoms with Gasteiger partial charge in [-0.25, -0.2) is 9.59 Å². The Kier molecular flexibility index (Phi) is 8.73. The molecule has 188 valence electrons. The van der Waals surface area contributed by atoms with Gasteiger partial charge in [0, 0.05) is 25.2 Å². The van der Waals surface area contributed by atoms with Gasteiger partial charge in [0.05, 0.1) is 12.2 Å². The van der Waals surface area contributed by atoms with Crippen LogP contribution in [-0.4, -0.2) is 54.2 Å². The van der Waals surface area contributed by atoms with Gasteiger partial charge in [0.15, 0.2) is 0 Å². The quantitative estimate of drug-likeness (QED) is 0.558. The number of amides is 2.